The summed E-state index contributed by atoms with van der Waals surface area (Å²) in [6.07, 6.45) is 0. The van der Waals surface area contributed by atoms with Crippen LogP contribution < -0.4 is 0 Å². The number of non-ortho nitro benzene ring substituents is 2. The van der Waals surface area contributed by atoms with E-state index < -0.39 is 76.0 Å². The number of piperazine rings is 1. The van der Waals surface area contributed by atoms with Crippen LogP contribution >= 0.6 is 0 Å². The molecule has 0 spiro atoms. The van der Waals surface area contributed by atoms with Crippen molar-refractivity contribution in [3.63, 3.8) is 0 Å². The van der Waals surface area contributed by atoms with Crippen LogP contribution in [0.15, 0.2) is 58.3 Å². The summed E-state index contributed by atoms with van der Waals surface area (Å²) >= 11 is 0. The molecule has 0 N–H and O–H groups in total. The van der Waals surface area contributed by atoms with Gasteiger partial charge in [0.05, 0.1) is 19.6 Å². The van der Waals surface area contributed by atoms with Crippen molar-refractivity contribution in [3.05, 3.63) is 68.8 Å². The monoisotopic (exact) mass is 484 g/mol. The highest BCUT2D eigenvalue weighted by molar-refractivity contribution is 7.90. The number of amides is 2. The molecule has 14 nitrogen and oxygen atoms in total. The van der Waals surface area contributed by atoms with Crippen LogP contribution in [0.4, 0.5) is 11.4 Å². The van der Waals surface area contributed by atoms with Crippen LogP contribution in [0.25, 0.3) is 0 Å². The fourth-order valence-corrected chi connectivity index (χ4v) is 5.43. The lowest BCUT2D eigenvalue weighted by atomic mass is 10.3. The fraction of sp³-hybridized carbons (Fsp3) is 0.125. The van der Waals surface area contributed by atoms with Gasteiger partial charge in [-0.05, 0) is 24.3 Å². The molecule has 1 saturated heterocycles. The summed E-state index contributed by atoms with van der Waals surface area (Å²) in [4.78, 5) is 43.8. The minimum absolute atomic E-state index is 0.179. The number of nitro groups is 2. The highest BCUT2D eigenvalue weighted by Crippen LogP contribution is 2.25. The van der Waals surface area contributed by atoms with Crippen LogP contribution in [-0.2, 0) is 29.6 Å². The normalized spacial score (nSPS) is 15.0. The quantitative estimate of drug-likeness (QED) is 0.405. The van der Waals surface area contributed by atoms with Gasteiger partial charge in [0.2, 0.25) is 0 Å². The van der Waals surface area contributed by atoms with Crippen molar-refractivity contribution in [3.8, 4) is 0 Å². The zero-order valence-electron chi connectivity index (χ0n) is 15.7. The van der Waals surface area contributed by atoms with E-state index in [0.29, 0.717) is 0 Å². The number of carbonyl (C=O) groups excluding carboxylic acids is 2. The van der Waals surface area contributed by atoms with Crippen LogP contribution in [0.3, 0.4) is 0 Å². The van der Waals surface area contributed by atoms with E-state index in [1.54, 1.807) is 0 Å². The smallest absolute Gasteiger partial charge is 0.269 e. The zero-order chi connectivity index (χ0) is 23.8. The Bertz CT molecular complexity index is 1230. The molecule has 0 radical (unpaired) electrons. The lowest BCUT2D eigenvalue weighted by molar-refractivity contribution is -0.385. The third-order valence-electron chi connectivity index (χ3n) is 4.39. The van der Waals surface area contributed by atoms with E-state index in [2.05, 4.69) is 0 Å². The maximum absolute atomic E-state index is 12.7. The van der Waals surface area contributed by atoms with Gasteiger partial charge in [0.15, 0.2) is 0 Å². The second kappa shape index (κ2) is 7.97. The van der Waals surface area contributed by atoms with Gasteiger partial charge < -0.3 is 0 Å². The number of nitro benzene ring substituents is 2. The molecule has 1 heterocycles. The average molecular weight is 484 g/mol. The maximum Gasteiger partial charge on any atom is 0.269 e. The second-order valence-corrected chi connectivity index (χ2v) is 10.0. The molecule has 1 fully saturated rings. The van der Waals surface area contributed by atoms with E-state index in [1.165, 1.54) is 0 Å². The predicted molar refractivity (Wildman–Crippen MR) is 104 cm³/mol. The minimum atomic E-state index is -4.59. The molecule has 0 aliphatic carbocycles. The van der Waals surface area contributed by atoms with Crippen LogP contribution in [0.2, 0.25) is 0 Å². The molecule has 0 saturated carbocycles. The molecule has 0 unspecified atom stereocenters. The number of nitrogens with zero attached hydrogens (tertiary/aromatic N) is 4. The molecule has 2 aromatic carbocycles. The molecular formula is C16H12N4O10S2. The number of hydrogen-bond acceptors (Lipinski definition) is 10. The summed E-state index contributed by atoms with van der Waals surface area (Å²) < 4.78 is 51.2. The molecule has 0 atom stereocenters. The summed E-state index contributed by atoms with van der Waals surface area (Å²) in [5.74, 6) is -2.46. The van der Waals surface area contributed by atoms with E-state index in [9.17, 15) is 46.7 Å². The number of carbonyl (C=O) groups is 2. The SMILES string of the molecule is O=C1CN(S(=O)(=O)c2ccc([N+](=O)[O-])cc2)C(=O)CN1S(=O)(=O)c1ccc([N+](=O)[O-])cc1. The minimum Gasteiger partial charge on any atom is -0.272 e. The van der Waals surface area contributed by atoms with E-state index in [4.69, 9.17) is 0 Å². The van der Waals surface area contributed by atoms with Gasteiger partial charge in [-0.1, -0.05) is 0 Å². The fourth-order valence-electron chi connectivity index (χ4n) is 2.75. The van der Waals surface area contributed by atoms with Gasteiger partial charge in [-0.25, -0.2) is 25.4 Å². The van der Waals surface area contributed by atoms with Crippen molar-refractivity contribution in [1.29, 1.82) is 0 Å². The Kier molecular flexibility index (Phi) is 5.67. The Balaban J connectivity index is 1.87. The van der Waals surface area contributed by atoms with Crippen molar-refractivity contribution in [2.75, 3.05) is 13.1 Å². The first-order valence-corrected chi connectivity index (χ1v) is 11.3. The largest absolute Gasteiger partial charge is 0.272 e. The Morgan fingerprint density at radius 3 is 1.16 bits per heavy atom. The summed E-state index contributed by atoms with van der Waals surface area (Å²) in [6.45, 7) is -2.24. The van der Waals surface area contributed by atoms with E-state index in [0.717, 1.165) is 48.5 Å². The first-order chi connectivity index (χ1) is 14.9. The lowest BCUT2D eigenvalue weighted by Gasteiger charge is -2.32. The van der Waals surface area contributed by atoms with Crippen molar-refractivity contribution in [2.24, 2.45) is 0 Å². The van der Waals surface area contributed by atoms with Gasteiger partial charge in [-0.3, -0.25) is 29.8 Å². The van der Waals surface area contributed by atoms with Crippen LogP contribution in [-0.4, -0.2) is 60.2 Å². The van der Waals surface area contributed by atoms with Crippen LogP contribution in [0.1, 0.15) is 0 Å². The van der Waals surface area contributed by atoms with Crippen LogP contribution in [0, 0.1) is 20.2 Å². The highest BCUT2D eigenvalue weighted by atomic mass is 32.2. The number of sulfonamides is 2. The topological polar surface area (TPSA) is 195 Å². The summed E-state index contributed by atoms with van der Waals surface area (Å²) in [5.41, 5.74) is -0.796. The van der Waals surface area contributed by atoms with Crippen molar-refractivity contribution < 1.29 is 36.3 Å². The molecule has 2 aromatic rings. The Hall–Kier alpha value is -3.92. The molecule has 1 aliphatic heterocycles. The zero-order valence-corrected chi connectivity index (χ0v) is 17.4. The molecule has 1 aliphatic rings. The first-order valence-electron chi connectivity index (χ1n) is 8.46. The van der Waals surface area contributed by atoms with Gasteiger partial charge in [-0.15, -0.1) is 0 Å². The van der Waals surface area contributed by atoms with E-state index >= 15 is 0 Å². The van der Waals surface area contributed by atoms with Crippen molar-refractivity contribution in [1.82, 2.24) is 8.61 Å². The maximum atomic E-state index is 12.7. The van der Waals surface area contributed by atoms with Gasteiger partial charge in [0.25, 0.3) is 43.2 Å². The number of rotatable bonds is 6. The van der Waals surface area contributed by atoms with Gasteiger partial charge in [0, 0.05) is 24.3 Å². The summed E-state index contributed by atoms with van der Waals surface area (Å²) in [6, 6.07) is 7.11. The standard InChI is InChI=1S/C16H12N4O10S2/c21-15-10-18(32(29,30)14-7-3-12(4-8-14)20(25)26)16(22)9-17(15)31(27,28)13-5-1-11(2-6-13)19(23)24/h1-8H,9-10H2. The molecular weight excluding hydrogens is 472 g/mol. The van der Waals surface area contributed by atoms with E-state index in [1.807, 2.05) is 0 Å². The molecule has 16 heteroatoms. The van der Waals surface area contributed by atoms with E-state index in [-0.39, 0.29) is 8.61 Å². The first kappa shape index (κ1) is 22.8. The summed E-state index contributed by atoms with van der Waals surface area (Å²) in [7, 11) is -9.18. The molecule has 3 rings (SSSR count). The lowest BCUT2D eigenvalue weighted by Crippen LogP contribution is -2.56. The molecule has 2 amide bonds. The average Bonchev–Trinajstić information content (AvgIpc) is 2.75. The van der Waals surface area contributed by atoms with Gasteiger partial charge in [-0.2, -0.15) is 0 Å². The Morgan fingerprint density at radius 1 is 0.625 bits per heavy atom. The Labute approximate surface area is 180 Å². The second-order valence-electron chi connectivity index (χ2n) is 6.31. The number of benzene rings is 2. The molecule has 0 bridgehead atoms. The van der Waals surface area contributed by atoms with Crippen molar-refractivity contribution >= 4 is 43.2 Å². The molecule has 32 heavy (non-hydrogen) atoms. The third kappa shape index (κ3) is 4.00. The van der Waals surface area contributed by atoms with Gasteiger partial charge in [0.1, 0.15) is 13.1 Å². The highest BCUT2D eigenvalue weighted by Gasteiger charge is 2.43. The number of hydrogen-bond donors (Lipinski definition) is 0. The Morgan fingerprint density at radius 2 is 0.906 bits per heavy atom. The third-order valence-corrected chi connectivity index (χ3v) is 7.95. The molecule has 0 aromatic heterocycles. The van der Waals surface area contributed by atoms with Gasteiger partial charge >= 0.3 is 0 Å². The summed E-state index contributed by atoms with van der Waals surface area (Å²) in [5, 5.41) is 21.4. The van der Waals surface area contributed by atoms with Crippen molar-refractivity contribution in [2.45, 2.75) is 9.79 Å². The molecule has 168 valence electrons. The predicted octanol–water partition coefficient (Wildman–Crippen LogP) is 0.251. The van der Waals surface area contributed by atoms with Crippen LogP contribution in [0.5, 0.6) is 0 Å².